The molecule has 7 heteroatoms. The lowest BCUT2D eigenvalue weighted by molar-refractivity contribution is 0.102. The Hall–Kier alpha value is -2.38. The second-order valence-corrected chi connectivity index (χ2v) is 8.69. The third-order valence-corrected chi connectivity index (χ3v) is 6.48. The van der Waals surface area contributed by atoms with Gasteiger partial charge >= 0.3 is 0 Å². The second-order valence-electron chi connectivity index (χ2n) is 6.68. The van der Waals surface area contributed by atoms with Gasteiger partial charge in [-0.2, -0.15) is 0 Å². The number of hydrogen-bond acceptors (Lipinski definition) is 4. The average molecular weight is 388 g/mol. The van der Waals surface area contributed by atoms with E-state index in [0.29, 0.717) is 24.2 Å². The number of benzene rings is 2. The van der Waals surface area contributed by atoms with Gasteiger partial charge in [0.15, 0.2) is 0 Å². The van der Waals surface area contributed by atoms with Crippen molar-refractivity contribution in [1.29, 1.82) is 0 Å². The van der Waals surface area contributed by atoms with Crippen molar-refractivity contribution in [1.82, 2.24) is 5.32 Å². The highest BCUT2D eigenvalue weighted by atomic mass is 32.2. The van der Waals surface area contributed by atoms with Crippen LogP contribution in [0.3, 0.4) is 0 Å². The van der Waals surface area contributed by atoms with Crippen molar-refractivity contribution in [2.75, 3.05) is 28.5 Å². The fourth-order valence-corrected chi connectivity index (χ4v) is 4.77. The van der Waals surface area contributed by atoms with Gasteiger partial charge in [-0.1, -0.05) is 19.1 Å². The molecule has 1 amide bonds. The Morgan fingerprint density at radius 2 is 2.00 bits per heavy atom. The van der Waals surface area contributed by atoms with E-state index in [9.17, 15) is 13.2 Å². The Labute approximate surface area is 160 Å². The maximum atomic E-state index is 12.7. The van der Waals surface area contributed by atoms with Gasteiger partial charge in [0.25, 0.3) is 5.91 Å². The van der Waals surface area contributed by atoms with Crippen LogP contribution in [0.4, 0.5) is 11.4 Å². The normalized spacial score (nSPS) is 15.7. The average Bonchev–Trinajstić information content (AvgIpc) is 2.99. The molecular formula is C20H25N3O3S. The van der Waals surface area contributed by atoms with Gasteiger partial charge < -0.3 is 10.6 Å². The van der Waals surface area contributed by atoms with Crippen molar-refractivity contribution >= 4 is 27.3 Å². The SMILES string of the molecule is CCNCc1cccc(NC(=O)c2ccc(N3CCCS3(=O)=O)cc2C)c1. The fourth-order valence-electron chi connectivity index (χ4n) is 3.21. The molecule has 2 aromatic carbocycles. The molecule has 1 fully saturated rings. The first-order chi connectivity index (χ1) is 12.9. The summed E-state index contributed by atoms with van der Waals surface area (Å²) >= 11 is 0. The number of hydrogen-bond donors (Lipinski definition) is 2. The van der Waals surface area contributed by atoms with E-state index in [1.165, 1.54) is 4.31 Å². The van der Waals surface area contributed by atoms with E-state index in [-0.39, 0.29) is 11.7 Å². The molecule has 6 nitrogen and oxygen atoms in total. The molecule has 1 aliphatic rings. The van der Waals surface area contributed by atoms with E-state index in [0.717, 1.165) is 29.9 Å². The number of nitrogens with one attached hydrogen (secondary N) is 2. The molecule has 1 heterocycles. The highest BCUT2D eigenvalue weighted by Crippen LogP contribution is 2.26. The third-order valence-electron chi connectivity index (χ3n) is 4.61. The van der Waals surface area contributed by atoms with Gasteiger partial charge in [-0.3, -0.25) is 9.10 Å². The van der Waals surface area contributed by atoms with Gasteiger partial charge in [-0.05, 0) is 61.3 Å². The van der Waals surface area contributed by atoms with Crippen LogP contribution in [0.15, 0.2) is 42.5 Å². The van der Waals surface area contributed by atoms with E-state index in [2.05, 4.69) is 10.6 Å². The second kappa shape index (κ2) is 8.10. The number of rotatable bonds is 6. The van der Waals surface area contributed by atoms with Crippen molar-refractivity contribution in [3.8, 4) is 0 Å². The molecule has 1 aliphatic heterocycles. The summed E-state index contributed by atoms with van der Waals surface area (Å²) in [5.41, 5.74) is 3.74. The first-order valence-electron chi connectivity index (χ1n) is 9.13. The zero-order valence-electron chi connectivity index (χ0n) is 15.7. The minimum atomic E-state index is -3.22. The Kier molecular flexibility index (Phi) is 5.82. The maximum absolute atomic E-state index is 12.7. The molecule has 3 rings (SSSR count). The lowest BCUT2D eigenvalue weighted by Crippen LogP contribution is -2.25. The van der Waals surface area contributed by atoms with Crippen LogP contribution in [0.5, 0.6) is 0 Å². The maximum Gasteiger partial charge on any atom is 0.255 e. The van der Waals surface area contributed by atoms with Crippen LogP contribution < -0.4 is 14.9 Å². The molecule has 0 radical (unpaired) electrons. The molecule has 144 valence electrons. The summed E-state index contributed by atoms with van der Waals surface area (Å²) in [6, 6.07) is 12.9. The predicted molar refractivity (Wildman–Crippen MR) is 109 cm³/mol. The van der Waals surface area contributed by atoms with Crippen LogP contribution >= 0.6 is 0 Å². The smallest absolute Gasteiger partial charge is 0.255 e. The fraction of sp³-hybridized carbons (Fsp3) is 0.350. The summed E-state index contributed by atoms with van der Waals surface area (Å²) in [6.07, 6.45) is 0.632. The Morgan fingerprint density at radius 3 is 2.67 bits per heavy atom. The van der Waals surface area contributed by atoms with Crippen LogP contribution in [0.1, 0.15) is 34.8 Å². The Balaban J connectivity index is 1.76. The monoisotopic (exact) mass is 387 g/mol. The van der Waals surface area contributed by atoms with Crippen LogP contribution in [-0.2, 0) is 16.6 Å². The van der Waals surface area contributed by atoms with Gasteiger partial charge in [0.05, 0.1) is 11.4 Å². The standard InChI is InChI=1S/C20H25N3O3S/c1-3-21-14-16-6-4-7-17(13-16)22-20(24)19-9-8-18(12-15(19)2)23-10-5-11-27(23,25)26/h4,6-9,12-13,21H,3,5,10-11,14H2,1-2H3,(H,22,24). The zero-order chi connectivity index (χ0) is 19.4. The third kappa shape index (κ3) is 4.48. The molecule has 0 atom stereocenters. The topological polar surface area (TPSA) is 78.5 Å². The van der Waals surface area contributed by atoms with Crippen molar-refractivity contribution in [3.05, 3.63) is 59.2 Å². The van der Waals surface area contributed by atoms with Crippen LogP contribution in [0.25, 0.3) is 0 Å². The molecule has 0 aliphatic carbocycles. The molecule has 0 spiro atoms. The van der Waals surface area contributed by atoms with Crippen LogP contribution in [0, 0.1) is 6.92 Å². The molecule has 0 unspecified atom stereocenters. The molecule has 1 saturated heterocycles. The zero-order valence-corrected chi connectivity index (χ0v) is 16.5. The predicted octanol–water partition coefficient (Wildman–Crippen LogP) is 2.90. The molecule has 0 bridgehead atoms. The molecule has 27 heavy (non-hydrogen) atoms. The summed E-state index contributed by atoms with van der Waals surface area (Å²) in [7, 11) is -3.22. The summed E-state index contributed by atoms with van der Waals surface area (Å²) in [5, 5.41) is 6.18. The van der Waals surface area contributed by atoms with E-state index in [1.54, 1.807) is 18.2 Å². The lowest BCUT2D eigenvalue weighted by Gasteiger charge is -2.18. The number of nitrogens with zero attached hydrogens (tertiary/aromatic N) is 1. The number of amides is 1. The highest BCUT2D eigenvalue weighted by Gasteiger charge is 2.28. The quantitative estimate of drug-likeness (QED) is 0.799. The molecule has 2 N–H and O–H groups in total. The molecule has 0 saturated carbocycles. The first kappa shape index (κ1) is 19.4. The van der Waals surface area contributed by atoms with Gasteiger partial charge in [0.2, 0.25) is 10.0 Å². The van der Waals surface area contributed by atoms with Crippen LogP contribution in [0.2, 0.25) is 0 Å². The van der Waals surface area contributed by atoms with E-state index in [1.807, 2.05) is 38.1 Å². The Morgan fingerprint density at radius 1 is 1.19 bits per heavy atom. The summed E-state index contributed by atoms with van der Waals surface area (Å²) < 4.78 is 25.6. The number of anilines is 2. The van der Waals surface area contributed by atoms with Gasteiger partial charge in [0, 0.05) is 24.3 Å². The number of carbonyl (C=O) groups excluding carboxylic acids is 1. The lowest BCUT2D eigenvalue weighted by atomic mass is 10.1. The minimum absolute atomic E-state index is 0.178. The van der Waals surface area contributed by atoms with Crippen LogP contribution in [-0.4, -0.2) is 33.2 Å². The molecule has 0 aromatic heterocycles. The van der Waals surface area contributed by atoms with Gasteiger partial charge in [-0.25, -0.2) is 8.42 Å². The minimum Gasteiger partial charge on any atom is -0.322 e. The summed E-state index contributed by atoms with van der Waals surface area (Å²) in [4.78, 5) is 12.7. The van der Waals surface area contributed by atoms with Gasteiger partial charge in [0.1, 0.15) is 0 Å². The van der Waals surface area contributed by atoms with Crippen molar-refractivity contribution in [3.63, 3.8) is 0 Å². The number of sulfonamides is 1. The van der Waals surface area contributed by atoms with E-state index < -0.39 is 10.0 Å². The molecule has 2 aromatic rings. The summed E-state index contributed by atoms with van der Waals surface area (Å²) in [6.45, 7) is 5.99. The number of aryl methyl sites for hydroxylation is 1. The van der Waals surface area contributed by atoms with Crippen molar-refractivity contribution in [2.24, 2.45) is 0 Å². The van der Waals surface area contributed by atoms with E-state index >= 15 is 0 Å². The van der Waals surface area contributed by atoms with Crippen molar-refractivity contribution < 1.29 is 13.2 Å². The number of carbonyl (C=O) groups is 1. The largest absolute Gasteiger partial charge is 0.322 e. The first-order valence-corrected chi connectivity index (χ1v) is 10.7. The molecular weight excluding hydrogens is 362 g/mol. The van der Waals surface area contributed by atoms with Crippen molar-refractivity contribution in [2.45, 2.75) is 26.8 Å². The Bertz CT molecular complexity index is 941. The summed E-state index contributed by atoms with van der Waals surface area (Å²) in [5.74, 6) is -0.0266. The highest BCUT2D eigenvalue weighted by molar-refractivity contribution is 7.93. The van der Waals surface area contributed by atoms with Gasteiger partial charge in [-0.15, -0.1) is 0 Å². The van der Waals surface area contributed by atoms with E-state index in [4.69, 9.17) is 0 Å².